The molecule has 0 atom stereocenters. The molecular formula is C12H13F4N. The van der Waals surface area contributed by atoms with Gasteiger partial charge in [0.2, 0.25) is 0 Å². The predicted molar refractivity (Wildman–Crippen MR) is 56.2 cm³/mol. The Morgan fingerprint density at radius 3 is 2.00 bits per heavy atom. The van der Waals surface area contributed by atoms with Crippen molar-refractivity contribution >= 4 is 0 Å². The van der Waals surface area contributed by atoms with Crippen LogP contribution in [-0.2, 0) is 5.41 Å². The molecule has 94 valence electrons. The van der Waals surface area contributed by atoms with Crippen molar-refractivity contribution in [2.45, 2.75) is 24.4 Å². The lowest BCUT2D eigenvalue weighted by molar-refractivity contribution is -0.197. The van der Waals surface area contributed by atoms with E-state index in [-0.39, 0.29) is 18.4 Å². The Hall–Kier alpha value is -1.10. The Morgan fingerprint density at radius 1 is 1.00 bits per heavy atom. The quantitative estimate of drug-likeness (QED) is 0.752. The predicted octanol–water partition coefficient (Wildman–Crippen LogP) is 3.01. The van der Waals surface area contributed by atoms with Crippen molar-refractivity contribution in [3.05, 3.63) is 35.6 Å². The molecule has 0 bridgehead atoms. The number of benzene rings is 1. The van der Waals surface area contributed by atoms with Crippen molar-refractivity contribution in [2.24, 2.45) is 0 Å². The molecule has 0 aromatic heterocycles. The normalized spacial score (nSPS) is 20.2. The Kier molecular flexibility index (Phi) is 3.12. The first-order chi connectivity index (χ1) is 7.96. The minimum absolute atomic E-state index is 0.00212. The van der Waals surface area contributed by atoms with Crippen molar-refractivity contribution in [2.75, 3.05) is 13.1 Å². The average molecular weight is 247 g/mol. The third-order valence-electron chi connectivity index (χ3n) is 3.40. The van der Waals surface area contributed by atoms with Gasteiger partial charge in [-0.25, -0.2) is 4.39 Å². The Bertz CT molecular complexity index is 376. The van der Waals surface area contributed by atoms with E-state index in [1.165, 1.54) is 12.1 Å². The van der Waals surface area contributed by atoms with Crippen molar-refractivity contribution < 1.29 is 17.6 Å². The first-order valence-corrected chi connectivity index (χ1v) is 5.49. The maximum Gasteiger partial charge on any atom is 0.398 e. The fourth-order valence-corrected chi connectivity index (χ4v) is 2.36. The van der Waals surface area contributed by atoms with Gasteiger partial charge in [0, 0.05) is 0 Å². The molecule has 0 unspecified atom stereocenters. The minimum Gasteiger partial charge on any atom is -0.317 e. The van der Waals surface area contributed by atoms with Crippen LogP contribution in [0.5, 0.6) is 0 Å². The molecule has 1 aromatic carbocycles. The first kappa shape index (κ1) is 12.4. The van der Waals surface area contributed by atoms with Crippen LogP contribution < -0.4 is 5.32 Å². The van der Waals surface area contributed by atoms with Crippen LogP contribution in [0.1, 0.15) is 18.4 Å². The zero-order valence-electron chi connectivity index (χ0n) is 9.15. The van der Waals surface area contributed by atoms with Gasteiger partial charge in [-0.15, -0.1) is 0 Å². The summed E-state index contributed by atoms with van der Waals surface area (Å²) in [6, 6.07) is 4.66. The molecule has 5 heteroatoms. The number of halogens is 4. The molecule has 1 saturated heterocycles. The summed E-state index contributed by atoms with van der Waals surface area (Å²) >= 11 is 0. The standard InChI is InChI=1S/C12H13F4N/c13-10-3-1-9(2-4-10)11(12(14,15)16)5-7-17-8-6-11/h1-4,17H,5-8H2. The minimum atomic E-state index is -4.30. The molecule has 0 saturated carbocycles. The number of hydrogen-bond donors (Lipinski definition) is 1. The lowest BCUT2D eigenvalue weighted by atomic mass is 9.72. The maximum absolute atomic E-state index is 13.3. The summed E-state index contributed by atoms with van der Waals surface area (Å²) in [7, 11) is 0. The Morgan fingerprint density at radius 2 is 1.53 bits per heavy atom. The molecule has 2 rings (SSSR count). The summed E-state index contributed by atoms with van der Waals surface area (Å²) in [5.41, 5.74) is -1.67. The SMILES string of the molecule is Fc1ccc(C2(C(F)(F)F)CCNCC2)cc1. The molecule has 1 nitrogen and oxygen atoms in total. The van der Waals surface area contributed by atoms with Gasteiger partial charge >= 0.3 is 6.18 Å². The maximum atomic E-state index is 13.3. The van der Waals surface area contributed by atoms with Gasteiger partial charge in [0.05, 0.1) is 5.41 Å². The molecule has 1 aliphatic heterocycles. The molecule has 17 heavy (non-hydrogen) atoms. The third kappa shape index (κ3) is 2.16. The molecule has 0 aliphatic carbocycles. The van der Waals surface area contributed by atoms with Crippen molar-refractivity contribution in [1.29, 1.82) is 0 Å². The van der Waals surface area contributed by atoms with E-state index in [4.69, 9.17) is 0 Å². The van der Waals surface area contributed by atoms with Gasteiger partial charge in [-0.2, -0.15) is 13.2 Å². The zero-order valence-corrected chi connectivity index (χ0v) is 9.15. The third-order valence-corrected chi connectivity index (χ3v) is 3.40. The topological polar surface area (TPSA) is 12.0 Å². The van der Waals surface area contributed by atoms with E-state index in [9.17, 15) is 17.6 Å². The van der Waals surface area contributed by atoms with Gasteiger partial charge in [-0.1, -0.05) is 12.1 Å². The van der Waals surface area contributed by atoms with E-state index >= 15 is 0 Å². The lowest BCUT2D eigenvalue weighted by Crippen LogP contribution is -2.49. The van der Waals surface area contributed by atoms with Crippen LogP contribution in [-0.4, -0.2) is 19.3 Å². The summed E-state index contributed by atoms with van der Waals surface area (Å²) in [4.78, 5) is 0. The summed E-state index contributed by atoms with van der Waals surface area (Å²) in [6.07, 6.45) is -4.29. The molecule has 0 spiro atoms. The second-order valence-electron chi connectivity index (χ2n) is 4.34. The smallest absolute Gasteiger partial charge is 0.317 e. The van der Waals surface area contributed by atoms with Gasteiger partial charge < -0.3 is 5.32 Å². The van der Waals surface area contributed by atoms with E-state index in [1.807, 2.05) is 0 Å². The molecule has 1 fully saturated rings. The van der Waals surface area contributed by atoms with Crippen LogP contribution in [0.3, 0.4) is 0 Å². The summed E-state index contributed by atoms with van der Waals surface area (Å²) in [5, 5.41) is 2.92. The average Bonchev–Trinajstić information content (AvgIpc) is 2.29. The molecule has 1 aliphatic rings. The van der Waals surface area contributed by atoms with Crippen LogP contribution in [0.2, 0.25) is 0 Å². The monoisotopic (exact) mass is 247 g/mol. The van der Waals surface area contributed by atoms with Crippen LogP contribution in [0.15, 0.2) is 24.3 Å². The number of hydrogen-bond acceptors (Lipinski definition) is 1. The van der Waals surface area contributed by atoms with E-state index in [2.05, 4.69) is 5.32 Å². The molecule has 0 amide bonds. The van der Waals surface area contributed by atoms with E-state index in [0.717, 1.165) is 12.1 Å². The highest BCUT2D eigenvalue weighted by Crippen LogP contribution is 2.47. The number of alkyl halides is 3. The van der Waals surface area contributed by atoms with Crippen LogP contribution >= 0.6 is 0 Å². The van der Waals surface area contributed by atoms with Crippen molar-refractivity contribution in [3.63, 3.8) is 0 Å². The summed E-state index contributed by atoms with van der Waals surface area (Å²) < 4.78 is 52.6. The highest BCUT2D eigenvalue weighted by atomic mass is 19.4. The summed E-state index contributed by atoms with van der Waals surface area (Å²) in [6.45, 7) is 0.660. The van der Waals surface area contributed by atoms with Gasteiger partial charge in [-0.3, -0.25) is 0 Å². The largest absolute Gasteiger partial charge is 0.398 e. The van der Waals surface area contributed by atoms with Gasteiger partial charge in [-0.05, 0) is 43.6 Å². The fraction of sp³-hybridized carbons (Fsp3) is 0.500. The van der Waals surface area contributed by atoms with Gasteiger partial charge in [0.15, 0.2) is 0 Å². The van der Waals surface area contributed by atoms with E-state index in [1.54, 1.807) is 0 Å². The second kappa shape index (κ2) is 4.29. The van der Waals surface area contributed by atoms with Crippen molar-refractivity contribution in [1.82, 2.24) is 5.32 Å². The number of nitrogens with one attached hydrogen (secondary N) is 1. The molecule has 1 heterocycles. The second-order valence-corrected chi connectivity index (χ2v) is 4.34. The molecule has 0 radical (unpaired) electrons. The number of rotatable bonds is 1. The first-order valence-electron chi connectivity index (χ1n) is 5.49. The fourth-order valence-electron chi connectivity index (χ4n) is 2.36. The molecule has 1 aromatic rings. The summed E-state index contributed by atoms with van der Waals surface area (Å²) in [5.74, 6) is -0.514. The Labute approximate surface area is 96.8 Å². The van der Waals surface area contributed by atoms with E-state index in [0.29, 0.717) is 13.1 Å². The molecule has 1 N–H and O–H groups in total. The van der Waals surface area contributed by atoms with Crippen molar-refractivity contribution in [3.8, 4) is 0 Å². The van der Waals surface area contributed by atoms with Gasteiger partial charge in [0.1, 0.15) is 5.82 Å². The number of piperidine rings is 1. The van der Waals surface area contributed by atoms with Crippen LogP contribution in [0.4, 0.5) is 17.6 Å². The highest BCUT2D eigenvalue weighted by molar-refractivity contribution is 5.29. The highest BCUT2D eigenvalue weighted by Gasteiger charge is 2.55. The Balaban J connectivity index is 2.43. The lowest BCUT2D eigenvalue weighted by Gasteiger charge is -2.39. The zero-order chi connectivity index (χ0) is 12.5. The van der Waals surface area contributed by atoms with Gasteiger partial charge in [0.25, 0.3) is 0 Å². The van der Waals surface area contributed by atoms with Crippen LogP contribution in [0, 0.1) is 5.82 Å². The van der Waals surface area contributed by atoms with Crippen LogP contribution in [0.25, 0.3) is 0 Å². The molecular weight excluding hydrogens is 234 g/mol. The van der Waals surface area contributed by atoms with E-state index < -0.39 is 17.4 Å².